The van der Waals surface area contributed by atoms with E-state index in [2.05, 4.69) is 5.10 Å². The van der Waals surface area contributed by atoms with Crippen LogP contribution in [0.1, 0.15) is 31.4 Å². The third-order valence-corrected chi connectivity index (χ3v) is 4.13. The molecule has 0 fully saturated rings. The summed E-state index contributed by atoms with van der Waals surface area (Å²) in [5.41, 5.74) is 0.631. The van der Waals surface area contributed by atoms with E-state index in [0.717, 1.165) is 23.8 Å². The molecule has 3 rings (SSSR count). The van der Waals surface area contributed by atoms with Crippen molar-refractivity contribution in [2.24, 2.45) is 5.10 Å². The third kappa shape index (κ3) is 2.63. The monoisotopic (exact) mass is 314 g/mol. The maximum Gasteiger partial charge on any atom is 0.240 e. The van der Waals surface area contributed by atoms with Gasteiger partial charge in [-0.2, -0.15) is 5.10 Å². The van der Waals surface area contributed by atoms with Crippen LogP contribution in [0.4, 0.5) is 8.78 Å². The first-order valence-corrected chi connectivity index (χ1v) is 7.31. The lowest BCUT2D eigenvalue weighted by Crippen LogP contribution is -2.39. The Hall–Kier alpha value is -2.56. The Morgan fingerprint density at radius 3 is 2.52 bits per heavy atom. The fourth-order valence-electron chi connectivity index (χ4n) is 2.97. The van der Waals surface area contributed by atoms with Crippen molar-refractivity contribution in [1.82, 2.24) is 5.01 Å². The summed E-state index contributed by atoms with van der Waals surface area (Å²) in [5, 5.41) is 5.63. The Kier molecular flexibility index (Phi) is 3.72. The minimum absolute atomic E-state index is 0.0934. The van der Waals surface area contributed by atoms with Crippen LogP contribution in [0.15, 0.2) is 53.6 Å². The van der Waals surface area contributed by atoms with Crippen molar-refractivity contribution in [1.29, 1.82) is 0 Å². The normalized spacial score (nSPS) is 20.5. The van der Waals surface area contributed by atoms with Crippen LogP contribution in [0.25, 0.3) is 0 Å². The Balaban J connectivity index is 2.08. The van der Waals surface area contributed by atoms with Gasteiger partial charge < -0.3 is 0 Å². The van der Waals surface area contributed by atoms with Gasteiger partial charge in [0.1, 0.15) is 11.6 Å². The number of rotatable bonds is 2. The minimum Gasteiger partial charge on any atom is -0.273 e. The van der Waals surface area contributed by atoms with E-state index in [4.69, 9.17) is 0 Å². The summed E-state index contributed by atoms with van der Waals surface area (Å²) in [6.07, 6.45) is 0.316. The second-order valence-corrected chi connectivity index (χ2v) is 5.82. The highest BCUT2D eigenvalue weighted by Crippen LogP contribution is 2.39. The fourth-order valence-corrected chi connectivity index (χ4v) is 2.97. The maximum atomic E-state index is 14.1. The number of hydrazone groups is 1. The van der Waals surface area contributed by atoms with Gasteiger partial charge in [-0.15, -0.1) is 0 Å². The quantitative estimate of drug-likeness (QED) is 0.829. The van der Waals surface area contributed by atoms with Crippen molar-refractivity contribution >= 4 is 11.6 Å². The van der Waals surface area contributed by atoms with E-state index in [-0.39, 0.29) is 11.5 Å². The van der Waals surface area contributed by atoms with E-state index < -0.39 is 17.2 Å². The summed E-state index contributed by atoms with van der Waals surface area (Å²) in [7, 11) is 0. The van der Waals surface area contributed by atoms with E-state index in [1.807, 2.05) is 37.3 Å². The molecule has 23 heavy (non-hydrogen) atoms. The topological polar surface area (TPSA) is 32.7 Å². The van der Waals surface area contributed by atoms with Crippen LogP contribution in [-0.4, -0.2) is 16.6 Å². The predicted octanol–water partition coefficient (Wildman–Crippen LogP) is 3.84. The Morgan fingerprint density at radius 1 is 1.17 bits per heavy atom. The van der Waals surface area contributed by atoms with Crippen molar-refractivity contribution in [3.63, 3.8) is 0 Å². The Morgan fingerprint density at radius 2 is 1.87 bits per heavy atom. The molecule has 2 aromatic rings. The standard InChI is InChI=1S/C18H16F2N2O/c1-12(23)22-18(2,13-6-4-3-5-7-13)11-17(21-22)15-10-14(19)8-9-16(15)20/h3-10H,11H2,1-2H3. The average molecular weight is 314 g/mol. The van der Waals surface area contributed by atoms with E-state index >= 15 is 0 Å². The molecule has 0 spiro atoms. The second-order valence-electron chi connectivity index (χ2n) is 5.82. The highest BCUT2D eigenvalue weighted by molar-refractivity contribution is 6.03. The Labute approximate surface area is 133 Å². The highest BCUT2D eigenvalue weighted by Gasteiger charge is 2.43. The van der Waals surface area contributed by atoms with Crippen LogP contribution in [0.2, 0.25) is 0 Å². The SMILES string of the molecule is CC(=O)N1N=C(c2cc(F)ccc2F)CC1(C)c1ccccc1. The number of halogens is 2. The number of hydrogen-bond donors (Lipinski definition) is 0. The molecule has 0 radical (unpaired) electrons. The van der Waals surface area contributed by atoms with Crippen molar-refractivity contribution in [2.45, 2.75) is 25.8 Å². The first-order valence-electron chi connectivity index (χ1n) is 7.31. The Bertz CT molecular complexity index is 789. The van der Waals surface area contributed by atoms with Gasteiger partial charge in [-0.25, -0.2) is 13.8 Å². The van der Waals surface area contributed by atoms with Gasteiger partial charge in [0.15, 0.2) is 0 Å². The van der Waals surface area contributed by atoms with Crippen molar-refractivity contribution in [2.75, 3.05) is 0 Å². The summed E-state index contributed by atoms with van der Waals surface area (Å²) in [4.78, 5) is 12.0. The first-order chi connectivity index (χ1) is 10.9. The van der Waals surface area contributed by atoms with Gasteiger partial charge in [-0.1, -0.05) is 30.3 Å². The van der Waals surface area contributed by atoms with Crippen LogP contribution in [0, 0.1) is 11.6 Å². The molecule has 118 valence electrons. The van der Waals surface area contributed by atoms with Crippen LogP contribution in [-0.2, 0) is 10.3 Å². The zero-order chi connectivity index (χ0) is 16.6. The molecule has 0 aromatic heterocycles. The molecule has 0 bridgehead atoms. The van der Waals surface area contributed by atoms with Crippen LogP contribution in [0.3, 0.4) is 0 Å². The molecule has 1 aliphatic heterocycles. The minimum atomic E-state index is -0.721. The average Bonchev–Trinajstić information content (AvgIpc) is 2.90. The van der Waals surface area contributed by atoms with Crippen LogP contribution >= 0.6 is 0 Å². The largest absolute Gasteiger partial charge is 0.273 e. The molecule has 3 nitrogen and oxygen atoms in total. The molecule has 5 heteroatoms. The molecule has 2 aromatic carbocycles. The van der Waals surface area contributed by atoms with E-state index in [1.165, 1.54) is 11.9 Å². The number of nitrogens with zero attached hydrogens (tertiary/aromatic N) is 2. The maximum absolute atomic E-state index is 14.1. The molecule has 1 atom stereocenters. The van der Waals surface area contributed by atoms with Crippen molar-refractivity contribution < 1.29 is 13.6 Å². The van der Waals surface area contributed by atoms with Crippen LogP contribution < -0.4 is 0 Å². The first kappa shape index (κ1) is 15.3. The fraction of sp³-hybridized carbons (Fsp3) is 0.222. The van der Waals surface area contributed by atoms with Gasteiger partial charge in [0, 0.05) is 18.9 Å². The van der Waals surface area contributed by atoms with Gasteiger partial charge >= 0.3 is 0 Å². The summed E-state index contributed by atoms with van der Waals surface area (Å²) >= 11 is 0. The third-order valence-electron chi connectivity index (χ3n) is 4.13. The lowest BCUT2D eigenvalue weighted by atomic mass is 9.85. The molecule has 1 heterocycles. The van der Waals surface area contributed by atoms with Gasteiger partial charge in [0.05, 0.1) is 11.3 Å². The van der Waals surface area contributed by atoms with Gasteiger partial charge in [0.2, 0.25) is 5.91 Å². The van der Waals surface area contributed by atoms with E-state index in [9.17, 15) is 13.6 Å². The van der Waals surface area contributed by atoms with Crippen LogP contribution in [0.5, 0.6) is 0 Å². The smallest absolute Gasteiger partial charge is 0.240 e. The highest BCUT2D eigenvalue weighted by atomic mass is 19.1. The molecule has 1 unspecified atom stereocenters. The summed E-state index contributed by atoms with van der Waals surface area (Å²) < 4.78 is 27.5. The van der Waals surface area contributed by atoms with Gasteiger partial charge in [-0.05, 0) is 30.7 Å². The predicted molar refractivity (Wildman–Crippen MR) is 83.8 cm³/mol. The molecule has 0 saturated carbocycles. The summed E-state index contributed by atoms with van der Waals surface area (Å²) in [5.74, 6) is -1.33. The lowest BCUT2D eigenvalue weighted by molar-refractivity contribution is -0.133. The summed E-state index contributed by atoms with van der Waals surface area (Å²) in [6.45, 7) is 3.28. The molecule has 0 N–H and O–H groups in total. The van der Waals surface area contributed by atoms with Crippen molar-refractivity contribution in [3.05, 3.63) is 71.3 Å². The number of amides is 1. The second kappa shape index (κ2) is 5.57. The number of hydrogen-bond acceptors (Lipinski definition) is 2. The molecular weight excluding hydrogens is 298 g/mol. The molecule has 0 saturated heterocycles. The van der Waals surface area contributed by atoms with Gasteiger partial charge in [0.25, 0.3) is 0 Å². The summed E-state index contributed by atoms with van der Waals surface area (Å²) in [6, 6.07) is 12.7. The molecular formula is C18H16F2N2O. The number of benzene rings is 2. The molecule has 0 aliphatic carbocycles. The lowest BCUT2D eigenvalue weighted by Gasteiger charge is -2.32. The van der Waals surface area contributed by atoms with E-state index in [1.54, 1.807) is 0 Å². The van der Waals surface area contributed by atoms with Crippen molar-refractivity contribution in [3.8, 4) is 0 Å². The zero-order valence-corrected chi connectivity index (χ0v) is 12.9. The van der Waals surface area contributed by atoms with E-state index in [0.29, 0.717) is 12.1 Å². The molecule has 1 aliphatic rings. The zero-order valence-electron chi connectivity index (χ0n) is 12.9. The number of carbonyl (C=O) groups excluding carboxylic acids is 1. The molecule has 1 amide bonds. The van der Waals surface area contributed by atoms with Gasteiger partial charge in [-0.3, -0.25) is 4.79 Å². The number of carbonyl (C=O) groups is 1.